The summed E-state index contributed by atoms with van der Waals surface area (Å²) < 4.78 is 8.25. The van der Waals surface area contributed by atoms with Gasteiger partial charge in [-0.15, -0.1) is 0 Å². The lowest BCUT2D eigenvalue weighted by Gasteiger charge is -2.55. The summed E-state index contributed by atoms with van der Waals surface area (Å²) >= 11 is 0. The number of nitrogens with one attached hydrogen (secondary N) is 1. The summed E-state index contributed by atoms with van der Waals surface area (Å²) in [6.07, 6.45) is 8.15. The molecule has 4 aliphatic carbocycles. The van der Waals surface area contributed by atoms with Crippen molar-refractivity contribution in [3.05, 3.63) is 59.9 Å². The number of ether oxygens (including phenoxy) is 1. The Labute approximate surface area is 201 Å². The molecule has 1 amide bonds. The molecular weight excluding hydrogens is 422 g/mol. The summed E-state index contributed by atoms with van der Waals surface area (Å²) in [5.41, 5.74) is 3.26. The number of rotatable bonds is 8. The molecule has 34 heavy (non-hydrogen) atoms. The molecule has 4 fully saturated rings. The molecular formula is C29H35N3O2. The Hall–Kier alpha value is -2.82. The average Bonchev–Trinajstić information content (AvgIpc) is 3.17. The van der Waals surface area contributed by atoms with Crippen molar-refractivity contribution in [1.82, 2.24) is 14.9 Å². The highest BCUT2D eigenvalue weighted by molar-refractivity contribution is 5.83. The SMILES string of the molecule is Cc1ccc(OCCn2c(CCNC(=O)C34CC5CC(CC(C5)C3)C4)nc3ccccc32)cc1. The number of para-hydroxylation sites is 2. The largest absolute Gasteiger partial charge is 0.492 e. The van der Waals surface area contributed by atoms with E-state index in [9.17, 15) is 4.79 Å². The summed E-state index contributed by atoms with van der Waals surface area (Å²) in [7, 11) is 0. The van der Waals surface area contributed by atoms with Crippen LogP contribution in [0, 0.1) is 30.1 Å². The van der Waals surface area contributed by atoms with Crippen LogP contribution in [-0.2, 0) is 17.8 Å². The molecule has 7 rings (SSSR count). The molecule has 4 saturated carbocycles. The van der Waals surface area contributed by atoms with E-state index in [-0.39, 0.29) is 5.41 Å². The Morgan fingerprint density at radius 3 is 2.41 bits per heavy atom. The van der Waals surface area contributed by atoms with Crippen molar-refractivity contribution in [2.75, 3.05) is 13.2 Å². The van der Waals surface area contributed by atoms with Crippen molar-refractivity contribution in [2.24, 2.45) is 23.2 Å². The second-order valence-corrected chi connectivity index (χ2v) is 11.0. The topological polar surface area (TPSA) is 56.1 Å². The van der Waals surface area contributed by atoms with Gasteiger partial charge in [0.1, 0.15) is 18.2 Å². The van der Waals surface area contributed by atoms with Gasteiger partial charge in [-0.2, -0.15) is 0 Å². The summed E-state index contributed by atoms with van der Waals surface area (Å²) in [5, 5.41) is 3.32. The number of hydrogen-bond donors (Lipinski definition) is 1. The standard InChI is InChI=1S/C29H35N3O2/c1-20-6-8-24(9-7-20)34-13-12-32-26-5-3-2-4-25(26)31-27(32)10-11-30-28(33)29-17-21-14-22(18-29)16-23(15-21)19-29/h2-9,21-23H,10-19H2,1H3,(H,30,33). The van der Waals surface area contributed by atoms with Gasteiger partial charge in [-0.3, -0.25) is 4.79 Å². The van der Waals surface area contributed by atoms with Crippen molar-refractivity contribution in [3.63, 3.8) is 0 Å². The van der Waals surface area contributed by atoms with Crippen molar-refractivity contribution in [3.8, 4) is 5.75 Å². The van der Waals surface area contributed by atoms with Crippen LogP contribution in [0.4, 0.5) is 0 Å². The fraction of sp³-hybridized carbons (Fsp3) is 0.517. The molecule has 0 unspecified atom stereocenters. The zero-order valence-electron chi connectivity index (χ0n) is 20.1. The van der Waals surface area contributed by atoms with Crippen LogP contribution in [0.1, 0.15) is 49.9 Å². The third-order valence-corrected chi connectivity index (χ3v) is 8.49. The molecule has 5 heteroatoms. The number of imidazole rings is 1. The van der Waals surface area contributed by atoms with Crippen molar-refractivity contribution in [2.45, 2.75) is 58.4 Å². The maximum atomic E-state index is 13.3. The lowest BCUT2D eigenvalue weighted by molar-refractivity contribution is -0.146. The molecule has 0 atom stereocenters. The van der Waals surface area contributed by atoms with Gasteiger partial charge < -0.3 is 14.6 Å². The highest BCUT2D eigenvalue weighted by atomic mass is 16.5. The number of fused-ring (bicyclic) bond motifs is 1. The van der Waals surface area contributed by atoms with Gasteiger partial charge in [0, 0.05) is 18.4 Å². The van der Waals surface area contributed by atoms with E-state index in [0.717, 1.165) is 72.6 Å². The van der Waals surface area contributed by atoms with Crippen LogP contribution < -0.4 is 10.1 Å². The van der Waals surface area contributed by atoms with Gasteiger partial charge in [0.05, 0.1) is 17.6 Å². The Balaban J connectivity index is 1.11. The van der Waals surface area contributed by atoms with E-state index in [1.165, 1.54) is 24.8 Å². The highest BCUT2D eigenvalue weighted by Gasteiger charge is 2.54. The molecule has 0 aliphatic heterocycles. The molecule has 178 valence electrons. The van der Waals surface area contributed by atoms with Crippen LogP contribution in [0.2, 0.25) is 0 Å². The number of hydrogen-bond acceptors (Lipinski definition) is 3. The number of carbonyl (C=O) groups excluding carboxylic acids is 1. The van der Waals surface area contributed by atoms with Crippen LogP contribution in [0.25, 0.3) is 11.0 Å². The normalized spacial score (nSPS) is 27.3. The lowest BCUT2D eigenvalue weighted by Crippen LogP contribution is -2.53. The number of aromatic nitrogens is 2. The zero-order chi connectivity index (χ0) is 23.1. The van der Waals surface area contributed by atoms with Crippen molar-refractivity contribution < 1.29 is 9.53 Å². The Kier molecular flexibility index (Phi) is 5.59. The van der Waals surface area contributed by atoms with Gasteiger partial charge in [0.2, 0.25) is 5.91 Å². The number of benzene rings is 2. The number of carbonyl (C=O) groups is 1. The minimum absolute atomic E-state index is 0.0865. The van der Waals surface area contributed by atoms with Crippen LogP contribution in [0.15, 0.2) is 48.5 Å². The van der Waals surface area contributed by atoms with E-state index in [4.69, 9.17) is 9.72 Å². The van der Waals surface area contributed by atoms with E-state index in [2.05, 4.69) is 47.1 Å². The predicted molar refractivity (Wildman–Crippen MR) is 134 cm³/mol. The van der Waals surface area contributed by atoms with Gasteiger partial charge in [0.25, 0.3) is 0 Å². The molecule has 2 aromatic carbocycles. The maximum Gasteiger partial charge on any atom is 0.226 e. The quantitative estimate of drug-likeness (QED) is 0.499. The van der Waals surface area contributed by atoms with Crippen LogP contribution in [0.5, 0.6) is 5.75 Å². The summed E-state index contributed by atoms with van der Waals surface area (Å²) in [6, 6.07) is 16.4. The second-order valence-electron chi connectivity index (χ2n) is 11.0. The minimum Gasteiger partial charge on any atom is -0.492 e. The first-order chi connectivity index (χ1) is 16.6. The van der Waals surface area contributed by atoms with Crippen LogP contribution in [-0.4, -0.2) is 28.6 Å². The average molecular weight is 458 g/mol. The number of aryl methyl sites for hydroxylation is 1. The molecule has 1 heterocycles. The third kappa shape index (κ3) is 4.10. The van der Waals surface area contributed by atoms with E-state index >= 15 is 0 Å². The minimum atomic E-state index is -0.0865. The first kappa shape index (κ1) is 21.7. The Bertz CT molecular complexity index is 1140. The van der Waals surface area contributed by atoms with Gasteiger partial charge in [-0.1, -0.05) is 29.8 Å². The predicted octanol–water partition coefficient (Wildman–Crippen LogP) is 5.30. The zero-order valence-corrected chi connectivity index (χ0v) is 20.1. The highest BCUT2D eigenvalue weighted by Crippen LogP contribution is 2.60. The number of amides is 1. The molecule has 0 spiro atoms. The molecule has 4 aliphatic rings. The summed E-state index contributed by atoms with van der Waals surface area (Å²) in [6.45, 7) is 4.03. The summed E-state index contributed by atoms with van der Waals surface area (Å²) in [5.74, 6) is 4.56. The molecule has 4 bridgehead atoms. The van der Waals surface area contributed by atoms with Crippen LogP contribution in [0.3, 0.4) is 0 Å². The molecule has 1 aromatic heterocycles. The molecule has 0 radical (unpaired) electrons. The monoisotopic (exact) mass is 457 g/mol. The van der Waals surface area contributed by atoms with E-state index in [0.29, 0.717) is 19.1 Å². The third-order valence-electron chi connectivity index (χ3n) is 8.49. The lowest BCUT2D eigenvalue weighted by atomic mass is 9.49. The Morgan fingerprint density at radius 2 is 1.71 bits per heavy atom. The van der Waals surface area contributed by atoms with Crippen molar-refractivity contribution in [1.29, 1.82) is 0 Å². The molecule has 5 nitrogen and oxygen atoms in total. The molecule has 0 saturated heterocycles. The first-order valence-electron chi connectivity index (χ1n) is 13.0. The van der Waals surface area contributed by atoms with Crippen molar-refractivity contribution >= 4 is 16.9 Å². The number of nitrogens with zero attached hydrogens (tertiary/aromatic N) is 2. The molecule has 1 N–H and O–H groups in total. The van der Waals surface area contributed by atoms with Gasteiger partial charge in [-0.05, 0) is 87.5 Å². The fourth-order valence-electron chi connectivity index (χ4n) is 7.32. The van der Waals surface area contributed by atoms with E-state index in [1.807, 2.05) is 18.2 Å². The van der Waals surface area contributed by atoms with Gasteiger partial charge in [0.15, 0.2) is 0 Å². The fourth-order valence-corrected chi connectivity index (χ4v) is 7.32. The van der Waals surface area contributed by atoms with E-state index in [1.54, 1.807) is 0 Å². The first-order valence-corrected chi connectivity index (χ1v) is 13.0. The van der Waals surface area contributed by atoms with Gasteiger partial charge >= 0.3 is 0 Å². The Morgan fingerprint density at radius 1 is 1.03 bits per heavy atom. The summed E-state index contributed by atoms with van der Waals surface area (Å²) in [4.78, 5) is 18.2. The smallest absolute Gasteiger partial charge is 0.226 e. The van der Waals surface area contributed by atoms with Crippen LogP contribution >= 0.6 is 0 Å². The van der Waals surface area contributed by atoms with Gasteiger partial charge in [-0.25, -0.2) is 4.98 Å². The second kappa shape index (κ2) is 8.75. The van der Waals surface area contributed by atoms with E-state index < -0.39 is 0 Å². The maximum absolute atomic E-state index is 13.3. The molecule has 3 aromatic rings.